The highest BCUT2D eigenvalue weighted by atomic mass is 16.5. The second-order valence-electron chi connectivity index (χ2n) is 6.73. The van der Waals surface area contributed by atoms with Gasteiger partial charge in [0.05, 0.1) is 5.69 Å². The fourth-order valence-electron chi connectivity index (χ4n) is 2.54. The molecule has 0 bridgehead atoms. The minimum absolute atomic E-state index is 0.0124. The number of anilines is 1. The number of rotatable bonds is 7. The van der Waals surface area contributed by atoms with Gasteiger partial charge < -0.3 is 10.5 Å². The maximum absolute atomic E-state index is 12.8. The summed E-state index contributed by atoms with van der Waals surface area (Å²) in [5, 5.41) is 0. The van der Waals surface area contributed by atoms with E-state index in [-0.39, 0.29) is 11.2 Å². The van der Waals surface area contributed by atoms with Gasteiger partial charge in [0.25, 0.3) is 0 Å². The van der Waals surface area contributed by atoms with Gasteiger partial charge in [-0.3, -0.25) is 4.79 Å². The van der Waals surface area contributed by atoms with Gasteiger partial charge in [0, 0.05) is 5.56 Å². The molecule has 0 amide bonds. The van der Waals surface area contributed by atoms with Crippen LogP contribution in [0.1, 0.15) is 56.5 Å². The van der Waals surface area contributed by atoms with E-state index in [9.17, 15) is 4.79 Å². The number of para-hydroxylation sites is 2. The number of ether oxygens (including phenoxy) is 1. The number of carbonyl (C=O) groups excluding carboxylic acids is 1. The summed E-state index contributed by atoms with van der Waals surface area (Å²) in [4.78, 5) is 12.8. The van der Waals surface area contributed by atoms with Crippen LogP contribution in [-0.4, -0.2) is 11.9 Å². The molecule has 2 N–H and O–H groups in total. The lowest BCUT2D eigenvalue weighted by Gasteiger charge is -2.23. The molecule has 0 aliphatic rings. The van der Waals surface area contributed by atoms with Gasteiger partial charge in [-0.05, 0) is 36.0 Å². The van der Waals surface area contributed by atoms with E-state index in [0.29, 0.717) is 23.4 Å². The highest BCUT2D eigenvalue weighted by Gasteiger charge is 2.22. The van der Waals surface area contributed by atoms with Crippen LogP contribution in [-0.2, 0) is 5.41 Å². The first-order chi connectivity index (χ1) is 11.4. The number of carbonyl (C=O) groups is 1. The second kappa shape index (κ2) is 7.52. The monoisotopic (exact) mass is 325 g/mol. The Labute approximate surface area is 144 Å². The van der Waals surface area contributed by atoms with E-state index < -0.39 is 6.10 Å². The zero-order chi connectivity index (χ0) is 17.7. The first kappa shape index (κ1) is 18.1. The van der Waals surface area contributed by atoms with Crippen LogP contribution >= 0.6 is 0 Å². The van der Waals surface area contributed by atoms with Gasteiger partial charge in [0.2, 0.25) is 5.78 Å². The number of benzene rings is 2. The summed E-state index contributed by atoms with van der Waals surface area (Å²) in [5.74, 6) is 0.544. The predicted octanol–water partition coefficient (Wildman–Crippen LogP) is 5.00. The van der Waals surface area contributed by atoms with Crippen molar-refractivity contribution in [3.8, 4) is 5.75 Å². The van der Waals surface area contributed by atoms with Crippen LogP contribution in [0.5, 0.6) is 5.75 Å². The fourth-order valence-corrected chi connectivity index (χ4v) is 2.54. The topological polar surface area (TPSA) is 52.3 Å². The maximum Gasteiger partial charge on any atom is 0.203 e. The zero-order valence-electron chi connectivity index (χ0n) is 15.0. The molecule has 0 saturated carbocycles. The van der Waals surface area contributed by atoms with Crippen molar-refractivity contribution in [2.24, 2.45) is 0 Å². The first-order valence-electron chi connectivity index (χ1n) is 8.55. The fraction of sp³-hybridized carbons (Fsp3) is 0.381. The molecule has 3 nitrogen and oxygen atoms in total. The third-order valence-electron chi connectivity index (χ3n) is 4.69. The molecule has 0 saturated heterocycles. The van der Waals surface area contributed by atoms with Crippen molar-refractivity contribution < 1.29 is 9.53 Å². The molecule has 3 heteroatoms. The number of hydrogen-bond acceptors (Lipinski definition) is 3. The average Bonchev–Trinajstić information content (AvgIpc) is 2.60. The molecule has 1 unspecified atom stereocenters. The van der Waals surface area contributed by atoms with Crippen LogP contribution in [0.15, 0.2) is 48.5 Å². The number of nitrogens with two attached hydrogens (primary N) is 1. The Morgan fingerprint density at radius 1 is 1.08 bits per heavy atom. The normalized spacial score (nSPS) is 12.7. The second-order valence-corrected chi connectivity index (χ2v) is 6.73. The van der Waals surface area contributed by atoms with Crippen molar-refractivity contribution in [2.45, 2.75) is 52.1 Å². The molecule has 2 aromatic carbocycles. The maximum atomic E-state index is 12.8. The number of ketones is 1. The minimum Gasteiger partial charge on any atom is -0.480 e. The first-order valence-corrected chi connectivity index (χ1v) is 8.55. The Hall–Kier alpha value is -2.29. The highest BCUT2D eigenvalue weighted by molar-refractivity contribution is 5.99. The minimum atomic E-state index is -0.528. The third-order valence-corrected chi connectivity index (χ3v) is 4.69. The molecule has 0 aliphatic heterocycles. The van der Waals surface area contributed by atoms with Gasteiger partial charge in [-0.2, -0.15) is 0 Å². The lowest BCUT2D eigenvalue weighted by Crippen LogP contribution is -2.27. The van der Waals surface area contributed by atoms with Crippen molar-refractivity contribution in [1.29, 1.82) is 0 Å². The molecule has 0 radical (unpaired) electrons. The summed E-state index contributed by atoms with van der Waals surface area (Å²) >= 11 is 0. The molecule has 24 heavy (non-hydrogen) atoms. The molecular weight excluding hydrogens is 298 g/mol. The summed E-state index contributed by atoms with van der Waals surface area (Å²) in [5.41, 5.74) is 8.48. The van der Waals surface area contributed by atoms with Crippen LogP contribution in [0.2, 0.25) is 0 Å². The smallest absolute Gasteiger partial charge is 0.203 e. The van der Waals surface area contributed by atoms with E-state index in [2.05, 4.69) is 20.8 Å². The summed E-state index contributed by atoms with van der Waals surface area (Å²) in [7, 11) is 0. The van der Waals surface area contributed by atoms with Gasteiger partial charge in [0.15, 0.2) is 6.10 Å². The van der Waals surface area contributed by atoms with Crippen molar-refractivity contribution >= 4 is 11.5 Å². The van der Waals surface area contributed by atoms with Gasteiger partial charge in [-0.15, -0.1) is 0 Å². The molecule has 128 valence electrons. The molecule has 0 heterocycles. The Morgan fingerprint density at radius 2 is 1.71 bits per heavy atom. The van der Waals surface area contributed by atoms with Crippen molar-refractivity contribution in [3.05, 3.63) is 59.7 Å². The quantitative estimate of drug-likeness (QED) is 0.576. The third kappa shape index (κ3) is 3.97. The SMILES string of the molecule is CCC(Oc1ccccc1N)C(=O)c1ccc(C(C)(C)CC)cc1. The molecule has 0 aliphatic carbocycles. The van der Waals surface area contributed by atoms with Crippen LogP contribution < -0.4 is 10.5 Å². The summed E-state index contributed by atoms with van der Waals surface area (Å²) in [6, 6.07) is 15.1. The Kier molecular flexibility index (Phi) is 5.66. The molecule has 1 atom stereocenters. The Balaban J connectivity index is 2.18. The van der Waals surface area contributed by atoms with Crippen LogP contribution in [0, 0.1) is 0 Å². The molecular formula is C21H27NO2. The van der Waals surface area contributed by atoms with E-state index in [4.69, 9.17) is 10.5 Å². The van der Waals surface area contributed by atoms with Crippen LogP contribution in [0.25, 0.3) is 0 Å². The highest BCUT2D eigenvalue weighted by Crippen LogP contribution is 2.27. The molecule has 0 fully saturated rings. The largest absolute Gasteiger partial charge is 0.480 e. The Morgan fingerprint density at radius 3 is 2.25 bits per heavy atom. The summed E-state index contributed by atoms with van der Waals surface area (Å²) in [6.45, 7) is 8.53. The van der Waals surface area contributed by atoms with E-state index in [1.54, 1.807) is 12.1 Å². The number of hydrogen-bond donors (Lipinski definition) is 1. The lowest BCUT2D eigenvalue weighted by atomic mass is 9.82. The predicted molar refractivity (Wildman–Crippen MR) is 99.7 cm³/mol. The standard InChI is InChI=1S/C21H27NO2/c1-5-18(24-19-10-8-7-9-17(19)22)20(23)15-11-13-16(14-12-15)21(3,4)6-2/h7-14,18H,5-6,22H2,1-4H3. The molecule has 0 aromatic heterocycles. The zero-order valence-corrected chi connectivity index (χ0v) is 15.0. The average molecular weight is 325 g/mol. The molecule has 2 rings (SSSR count). The van der Waals surface area contributed by atoms with Gasteiger partial charge in [-0.1, -0.05) is 64.1 Å². The van der Waals surface area contributed by atoms with Crippen molar-refractivity contribution in [3.63, 3.8) is 0 Å². The van der Waals surface area contributed by atoms with Crippen LogP contribution in [0.4, 0.5) is 5.69 Å². The summed E-state index contributed by atoms with van der Waals surface area (Å²) < 4.78 is 5.85. The van der Waals surface area contributed by atoms with E-state index >= 15 is 0 Å². The van der Waals surface area contributed by atoms with Crippen LogP contribution in [0.3, 0.4) is 0 Å². The number of nitrogen functional groups attached to an aromatic ring is 1. The van der Waals surface area contributed by atoms with E-state index in [0.717, 1.165) is 6.42 Å². The molecule has 0 spiro atoms. The van der Waals surface area contributed by atoms with Crippen molar-refractivity contribution in [2.75, 3.05) is 5.73 Å². The van der Waals surface area contributed by atoms with E-state index in [1.807, 2.05) is 43.3 Å². The number of Topliss-reactive ketones (excluding diaryl/α,β-unsaturated/α-hetero) is 1. The summed E-state index contributed by atoms with van der Waals surface area (Å²) in [6.07, 6.45) is 1.11. The van der Waals surface area contributed by atoms with E-state index in [1.165, 1.54) is 5.56 Å². The van der Waals surface area contributed by atoms with Gasteiger partial charge in [-0.25, -0.2) is 0 Å². The molecule has 2 aromatic rings. The van der Waals surface area contributed by atoms with Gasteiger partial charge in [0.1, 0.15) is 5.75 Å². The lowest BCUT2D eigenvalue weighted by molar-refractivity contribution is 0.0788. The van der Waals surface area contributed by atoms with Crippen molar-refractivity contribution in [1.82, 2.24) is 0 Å². The Bertz CT molecular complexity index is 689. The van der Waals surface area contributed by atoms with Gasteiger partial charge >= 0.3 is 0 Å².